The molecule has 0 bridgehead atoms. The second kappa shape index (κ2) is 7.50. The minimum absolute atomic E-state index is 0.540. The van der Waals surface area contributed by atoms with E-state index in [9.17, 15) is 0 Å². The molecule has 1 saturated heterocycles. The van der Waals surface area contributed by atoms with Crippen molar-refractivity contribution < 1.29 is 14.6 Å². The number of hydrogen-bond donors (Lipinski definition) is 1. The van der Waals surface area contributed by atoms with Gasteiger partial charge in [0.1, 0.15) is 12.1 Å². The van der Waals surface area contributed by atoms with Crippen molar-refractivity contribution in [1.29, 1.82) is 0 Å². The number of anilines is 1. The van der Waals surface area contributed by atoms with Gasteiger partial charge in [-0.1, -0.05) is 6.92 Å². The van der Waals surface area contributed by atoms with Gasteiger partial charge in [0.2, 0.25) is 5.88 Å². The Kier molecular flexibility index (Phi) is 5.30. The quantitative estimate of drug-likeness (QED) is 0.879. The van der Waals surface area contributed by atoms with Crippen molar-refractivity contribution in [3.63, 3.8) is 0 Å². The van der Waals surface area contributed by atoms with Gasteiger partial charge >= 0.3 is 0 Å². The van der Waals surface area contributed by atoms with E-state index in [1.54, 1.807) is 12.5 Å². The highest BCUT2D eigenvalue weighted by atomic mass is 16.5. The van der Waals surface area contributed by atoms with Crippen LogP contribution in [0.2, 0.25) is 0 Å². The molecule has 1 saturated carbocycles. The van der Waals surface area contributed by atoms with Crippen LogP contribution in [0, 0.1) is 25.2 Å². The first-order valence-corrected chi connectivity index (χ1v) is 9.22. The fourth-order valence-electron chi connectivity index (χ4n) is 3.83. The number of nitrogens with zero attached hydrogens (tertiary/aromatic N) is 4. The van der Waals surface area contributed by atoms with Gasteiger partial charge in [-0.05, 0) is 50.2 Å². The summed E-state index contributed by atoms with van der Waals surface area (Å²) in [5.41, 5.74) is 2.40. The fraction of sp³-hybridized carbons (Fsp3) is 0.500. The average Bonchev–Trinajstić information content (AvgIpc) is 3.19. The minimum atomic E-state index is -0.833. The highest BCUT2D eigenvalue weighted by Crippen LogP contribution is 2.60. The van der Waals surface area contributed by atoms with Gasteiger partial charge < -0.3 is 14.7 Å². The van der Waals surface area contributed by atoms with Crippen LogP contribution in [0.15, 0.2) is 24.7 Å². The summed E-state index contributed by atoms with van der Waals surface area (Å²) < 4.78 is 5.99. The minimum Gasteiger partial charge on any atom is -0.481 e. The van der Waals surface area contributed by atoms with E-state index in [4.69, 9.17) is 14.6 Å². The van der Waals surface area contributed by atoms with Crippen LogP contribution in [0.25, 0.3) is 0 Å². The zero-order chi connectivity index (χ0) is 19.6. The van der Waals surface area contributed by atoms with Crippen molar-refractivity contribution in [2.24, 2.45) is 11.3 Å². The Morgan fingerprint density at radius 3 is 2.74 bits per heavy atom. The predicted octanol–water partition coefficient (Wildman–Crippen LogP) is 3.61. The summed E-state index contributed by atoms with van der Waals surface area (Å²) in [7, 11) is 0. The van der Waals surface area contributed by atoms with Crippen LogP contribution in [0.4, 0.5) is 5.82 Å². The number of fused-ring (bicyclic) bond motifs is 1. The van der Waals surface area contributed by atoms with Gasteiger partial charge in [-0.15, -0.1) is 0 Å². The Morgan fingerprint density at radius 2 is 2.11 bits per heavy atom. The van der Waals surface area contributed by atoms with E-state index in [-0.39, 0.29) is 0 Å². The molecule has 1 aliphatic heterocycles. The number of ether oxygens (including phenoxy) is 1. The van der Waals surface area contributed by atoms with E-state index >= 15 is 0 Å². The lowest BCUT2D eigenvalue weighted by molar-refractivity contribution is -0.134. The summed E-state index contributed by atoms with van der Waals surface area (Å²) in [6, 6.07) is 3.79. The molecule has 2 atom stereocenters. The van der Waals surface area contributed by atoms with E-state index in [1.807, 2.05) is 26.0 Å². The standard InChI is InChI=1S/C18H22N4O.C2H4O2/c1-4-18-8-14(18)9-22(10-18)16-12(2)17(21-11-20-16)23-15-6-5-7-19-13(15)3;1-2(3)4/h5-7,11,14H,4,8-10H2,1-3H3;1H3,(H,3,4). The zero-order valence-corrected chi connectivity index (χ0v) is 16.3. The Labute approximate surface area is 159 Å². The molecule has 7 heteroatoms. The smallest absolute Gasteiger partial charge is 0.300 e. The van der Waals surface area contributed by atoms with Crippen molar-refractivity contribution in [1.82, 2.24) is 15.0 Å². The van der Waals surface area contributed by atoms with Crippen molar-refractivity contribution in [2.75, 3.05) is 18.0 Å². The van der Waals surface area contributed by atoms with Gasteiger partial charge in [0.15, 0.2) is 5.75 Å². The molecule has 2 aromatic heterocycles. The van der Waals surface area contributed by atoms with Gasteiger partial charge in [-0.3, -0.25) is 9.78 Å². The number of carboxylic acid groups (broad SMARTS) is 1. The molecule has 4 rings (SSSR count). The van der Waals surface area contributed by atoms with E-state index in [2.05, 4.69) is 26.8 Å². The molecule has 2 aliphatic rings. The molecule has 1 N–H and O–H groups in total. The molecule has 144 valence electrons. The van der Waals surface area contributed by atoms with Gasteiger partial charge in [0.05, 0.1) is 11.3 Å². The largest absolute Gasteiger partial charge is 0.481 e. The van der Waals surface area contributed by atoms with Crippen LogP contribution in [0.5, 0.6) is 11.6 Å². The van der Waals surface area contributed by atoms with Gasteiger partial charge in [-0.25, -0.2) is 9.97 Å². The Hall–Kier alpha value is -2.70. The SMILES string of the molecule is CC(=O)O.CCC12CC1CN(c1ncnc(Oc3cccnc3C)c1C)C2. The van der Waals surface area contributed by atoms with E-state index in [0.717, 1.165) is 48.8 Å². The first kappa shape index (κ1) is 19.1. The third-order valence-corrected chi connectivity index (χ3v) is 5.49. The van der Waals surface area contributed by atoms with Crippen molar-refractivity contribution >= 4 is 11.8 Å². The highest BCUT2D eigenvalue weighted by molar-refractivity contribution is 5.63. The summed E-state index contributed by atoms with van der Waals surface area (Å²) in [4.78, 5) is 24.5. The molecule has 2 unspecified atom stereocenters. The van der Waals surface area contributed by atoms with Crippen LogP contribution < -0.4 is 9.64 Å². The topological polar surface area (TPSA) is 88.4 Å². The van der Waals surface area contributed by atoms with E-state index in [0.29, 0.717) is 11.3 Å². The highest BCUT2D eigenvalue weighted by Gasteiger charge is 2.58. The maximum Gasteiger partial charge on any atom is 0.300 e. The number of aromatic nitrogens is 3. The third kappa shape index (κ3) is 4.02. The first-order valence-electron chi connectivity index (χ1n) is 9.22. The molecular formula is C20H26N4O3. The third-order valence-electron chi connectivity index (χ3n) is 5.49. The number of pyridine rings is 1. The maximum absolute atomic E-state index is 9.00. The summed E-state index contributed by atoms with van der Waals surface area (Å²) in [6.07, 6.45) is 6.01. The summed E-state index contributed by atoms with van der Waals surface area (Å²) in [5.74, 6) is 2.38. The van der Waals surface area contributed by atoms with E-state index in [1.165, 1.54) is 12.8 Å². The Balaban J connectivity index is 0.000000481. The van der Waals surface area contributed by atoms with Gasteiger partial charge in [-0.2, -0.15) is 0 Å². The normalized spacial score (nSPS) is 22.5. The maximum atomic E-state index is 9.00. The number of piperidine rings is 1. The number of carbonyl (C=O) groups is 1. The summed E-state index contributed by atoms with van der Waals surface area (Å²) >= 11 is 0. The average molecular weight is 370 g/mol. The monoisotopic (exact) mass is 370 g/mol. The molecule has 0 aromatic carbocycles. The van der Waals surface area contributed by atoms with Gasteiger partial charge in [0, 0.05) is 26.2 Å². The Morgan fingerprint density at radius 1 is 1.37 bits per heavy atom. The second-order valence-electron chi connectivity index (χ2n) is 7.33. The van der Waals surface area contributed by atoms with Crippen LogP contribution in [-0.4, -0.2) is 39.1 Å². The summed E-state index contributed by atoms with van der Waals surface area (Å²) in [5, 5.41) is 7.42. The molecule has 3 heterocycles. The first-order chi connectivity index (χ1) is 12.9. The Bertz CT molecular complexity index is 834. The fourth-order valence-corrected chi connectivity index (χ4v) is 3.83. The molecular weight excluding hydrogens is 344 g/mol. The lowest BCUT2D eigenvalue weighted by Crippen LogP contribution is -2.26. The molecule has 2 aromatic rings. The predicted molar refractivity (Wildman–Crippen MR) is 102 cm³/mol. The van der Waals surface area contributed by atoms with E-state index < -0.39 is 5.97 Å². The van der Waals surface area contributed by atoms with Crippen molar-refractivity contribution in [3.8, 4) is 11.6 Å². The molecule has 2 fully saturated rings. The number of carboxylic acids is 1. The molecule has 7 nitrogen and oxygen atoms in total. The lowest BCUT2D eigenvalue weighted by atomic mass is 10.0. The molecule has 27 heavy (non-hydrogen) atoms. The van der Waals surface area contributed by atoms with Crippen LogP contribution >= 0.6 is 0 Å². The van der Waals surface area contributed by atoms with Crippen molar-refractivity contribution in [2.45, 2.75) is 40.5 Å². The van der Waals surface area contributed by atoms with Crippen LogP contribution in [0.1, 0.15) is 37.9 Å². The second-order valence-corrected chi connectivity index (χ2v) is 7.33. The number of hydrogen-bond acceptors (Lipinski definition) is 6. The van der Waals surface area contributed by atoms with Crippen LogP contribution in [0.3, 0.4) is 0 Å². The molecule has 1 aliphatic carbocycles. The van der Waals surface area contributed by atoms with Crippen LogP contribution in [-0.2, 0) is 4.79 Å². The van der Waals surface area contributed by atoms with Crippen molar-refractivity contribution in [3.05, 3.63) is 35.9 Å². The molecule has 0 radical (unpaired) electrons. The number of aryl methyl sites for hydroxylation is 1. The number of rotatable bonds is 4. The summed E-state index contributed by atoms with van der Waals surface area (Å²) in [6.45, 7) is 9.58. The van der Waals surface area contributed by atoms with Gasteiger partial charge in [0.25, 0.3) is 5.97 Å². The molecule has 0 spiro atoms. The lowest BCUT2D eigenvalue weighted by Gasteiger charge is -2.23. The number of aliphatic carboxylic acids is 1. The molecule has 0 amide bonds. The zero-order valence-electron chi connectivity index (χ0n) is 16.3.